The van der Waals surface area contributed by atoms with Gasteiger partial charge in [-0.15, -0.1) is 0 Å². The first-order chi connectivity index (χ1) is 14.7. The number of nitrogens with one attached hydrogen (secondary N) is 3. The minimum Gasteiger partial charge on any atom is -0.494 e. The smallest absolute Gasteiger partial charge is 0.226 e. The van der Waals surface area contributed by atoms with E-state index in [0.29, 0.717) is 19.7 Å². The zero-order valence-corrected chi connectivity index (χ0v) is 17.9. The summed E-state index contributed by atoms with van der Waals surface area (Å²) in [4.78, 5) is 12.8. The van der Waals surface area contributed by atoms with Gasteiger partial charge in [0.1, 0.15) is 11.5 Å². The lowest BCUT2D eigenvalue weighted by Crippen LogP contribution is -2.34. The number of benzene rings is 2. The Kier molecular flexibility index (Phi) is 8.53. The average Bonchev–Trinajstić information content (AvgIpc) is 3.27. The number of rotatable bonds is 11. The Morgan fingerprint density at radius 3 is 2.30 bits per heavy atom. The number of ether oxygens (including phenoxy) is 2. The first kappa shape index (κ1) is 22.1. The van der Waals surface area contributed by atoms with Gasteiger partial charge < -0.3 is 14.8 Å². The molecule has 1 saturated heterocycles. The van der Waals surface area contributed by atoms with Gasteiger partial charge in [0.05, 0.1) is 25.2 Å². The van der Waals surface area contributed by atoms with Crippen LogP contribution in [-0.4, -0.2) is 25.7 Å². The van der Waals surface area contributed by atoms with Crippen molar-refractivity contribution in [2.24, 2.45) is 5.92 Å². The predicted octanol–water partition coefficient (Wildman–Crippen LogP) is 3.74. The molecule has 2 atom stereocenters. The van der Waals surface area contributed by atoms with Crippen molar-refractivity contribution < 1.29 is 14.3 Å². The molecule has 30 heavy (non-hydrogen) atoms. The maximum atomic E-state index is 12.8. The molecule has 2 unspecified atom stereocenters. The molecule has 1 aliphatic rings. The summed E-state index contributed by atoms with van der Waals surface area (Å²) in [7, 11) is 0. The fourth-order valence-corrected chi connectivity index (χ4v) is 3.41. The van der Waals surface area contributed by atoms with Crippen LogP contribution in [0.25, 0.3) is 0 Å². The summed E-state index contributed by atoms with van der Waals surface area (Å²) in [5.74, 6) is 1.58. The highest BCUT2D eigenvalue weighted by Crippen LogP contribution is 2.27. The Morgan fingerprint density at radius 2 is 1.63 bits per heavy atom. The highest BCUT2D eigenvalue weighted by Gasteiger charge is 2.33. The first-order valence-electron chi connectivity index (χ1n) is 10.9. The zero-order chi connectivity index (χ0) is 21.2. The summed E-state index contributed by atoms with van der Waals surface area (Å²) < 4.78 is 11.3. The molecule has 6 nitrogen and oxygen atoms in total. The lowest BCUT2D eigenvalue weighted by atomic mass is 9.94. The maximum absolute atomic E-state index is 12.8. The van der Waals surface area contributed by atoms with Gasteiger partial charge in [0, 0.05) is 13.1 Å². The van der Waals surface area contributed by atoms with E-state index in [-0.39, 0.29) is 17.9 Å². The van der Waals surface area contributed by atoms with E-state index in [2.05, 4.69) is 30.0 Å². The number of hydrogen-bond acceptors (Lipinski definition) is 5. The number of unbranched alkanes of at least 4 members (excludes halogenated alkanes) is 1. The molecule has 3 N–H and O–H groups in total. The molecule has 0 aromatic heterocycles. The van der Waals surface area contributed by atoms with Crippen LogP contribution in [0.3, 0.4) is 0 Å². The molecule has 0 spiro atoms. The van der Waals surface area contributed by atoms with Gasteiger partial charge in [-0.1, -0.05) is 44.5 Å². The van der Waals surface area contributed by atoms with E-state index in [9.17, 15) is 4.79 Å². The van der Waals surface area contributed by atoms with E-state index in [1.54, 1.807) is 0 Å². The SMILES string of the molecule is CCCCOc1ccc(C2NNCC2C(=O)NCc2ccc(OCCC)cc2)cc1. The number of amides is 1. The largest absolute Gasteiger partial charge is 0.494 e. The van der Waals surface area contributed by atoms with E-state index < -0.39 is 0 Å². The summed E-state index contributed by atoms with van der Waals surface area (Å²) in [5, 5.41) is 3.06. The maximum Gasteiger partial charge on any atom is 0.226 e. The lowest BCUT2D eigenvalue weighted by Gasteiger charge is -2.19. The van der Waals surface area contributed by atoms with Crippen molar-refractivity contribution in [3.8, 4) is 11.5 Å². The van der Waals surface area contributed by atoms with Gasteiger partial charge in [0.15, 0.2) is 0 Å². The number of carbonyl (C=O) groups is 1. The first-order valence-corrected chi connectivity index (χ1v) is 10.9. The molecular weight excluding hydrogens is 378 g/mol. The zero-order valence-electron chi connectivity index (χ0n) is 17.9. The van der Waals surface area contributed by atoms with E-state index in [1.807, 2.05) is 48.5 Å². The summed E-state index contributed by atoms with van der Waals surface area (Å²) >= 11 is 0. The molecule has 1 amide bonds. The second-order valence-electron chi connectivity index (χ2n) is 7.59. The quantitative estimate of drug-likeness (QED) is 0.492. The monoisotopic (exact) mass is 411 g/mol. The van der Waals surface area contributed by atoms with Crippen LogP contribution >= 0.6 is 0 Å². The van der Waals surface area contributed by atoms with Gasteiger partial charge >= 0.3 is 0 Å². The molecule has 0 radical (unpaired) electrons. The Balaban J connectivity index is 1.52. The molecule has 6 heteroatoms. The standard InChI is InChI=1S/C24H33N3O3/c1-3-5-15-30-21-12-8-19(9-13-21)23-22(17-26-27-23)24(28)25-16-18-6-10-20(11-7-18)29-14-4-2/h6-13,22-23,26-27H,3-5,14-17H2,1-2H3,(H,25,28). The van der Waals surface area contributed by atoms with Crippen LogP contribution in [0.15, 0.2) is 48.5 Å². The molecule has 2 aromatic rings. The molecule has 1 fully saturated rings. The molecule has 0 aliphatic carbocycles. The second-order valence-corrected chi connectivity index (χ2v) is 7.59. The van der Waals surface area contributed by atoms with Gasteiger partial charge in [-0.05, 0) is 48.2 Å². The minimum atomic E-state index is -0.177. The van der Waals surface area contributed by atoms with Crippen molar-refractivity contribution >= 4 is 5.91 Å². The fraction of sp³-hybridized carbons (Fsp3) is 0.458. The molecule has 2 aromatic carbocycles. The van der Waals surface area contributed by atoms with Crippen molar-refractivity contribution in [1.82, 2.24) is 16.2 Å². The number of hydrazine groups is 1. The number of carbonyl (C=O) groups excluding carboxylic acids is 1. The second kappa shape index (κ2) is 11.6. The van der Waals surface area contributed by atoms with Crippen molar-refractivity contribution in [2.45, 2.75) is 45.7 Å². The van der Waals surface area contributed by atoms with Gasteiger partial charge in [-0.3, -0.25) is 10.2 Å². The molecule has 1 heterocycles. The summed E-state index contributed by atoms with van der Waals surface area (Å²) in [6, 6.07) is 15.8. The third-order valence-electron chi connectivity index (χ3n) is 5.19. The van der Waals surface area contributed by atoms with Crippen LogP contribution in [0.4, 0.5) is 0 Å². The Labute approximate surface area is 179 Å². The topological polar surface area (TPSA) is 71.6 Å². The van der Waals surface area contributed by atoms with E-state index in [1.165, 1.54) is 0 Å². The van der Waals surface area contributed by atoms with E-state index >= 15 is 0 Å². The molecule has 0 saturated carbocycles. The summed E-state index contributed by atoms with van der Waals surface area (Å²) in [5.41, 5.74) is 8.48. The Morgan fingerprint density at radius 1 is 0.967 bits per heavy atom. The van der Waals surface area contributed by atoms with Crippen LogP contribution in [0.2, 0.25) is 0 Å². The molecule has 162 valence electrons. The summed E-state index contributed by atoms with van der Waals surface area (Å²) in [6.07, 6.45) is 3.15. The highest BCUT2D eigenvalue weighted by atomic mass is 16.5. The van der Waals surface area contributed by atoms with Crippen molar-refractivity contribution in [3.05, 3.63) is 59.7 Å². The fourth-order valence-electron chi connectivity index (χ4n) is 3.41. The van der Waals surface area contributed by atoms with Crippen molar-refractivity contribution in [1.29, 1.82) is 0 Å². The highest BCUT2D eigenvalue weighted by molar-refractivity contribution is 5.80. The molecular formula is C24H33N3O3. The van der Waals surface area contributed by atoms with Gasteiger partial charge in [0.2, 0.25) is 5.91 Å². The normalized spacial score (nSPS) is 18.2. The molecule has 0 bridgehead atoms. The predicted molar refractivity (Wildman–Crippen MR) is 118 cm³/mol. The number of hydrogen-bond donors (Lipinski definition) is 3. The molecule has 3 rings (SSSR count). The Hall–Kier alpha value is -2.57. The lowest BCUT2D eigenvalue weighted by molar-refractivity contribution is -0.125. The van der Waals surface area contributed by atoms with Crippen LogP contribution in [0.1, 0.15) is 50.3 Å². The van der Waals surface area contributed by atoms with Crippen LogP contribution in [-0.2, 0) is 11.3 Å². The van der Waals surface area contributed by atoms with Gasteiger partial charge in [-0.2, -0.15) is 0 Å². The van der Waals surface area contributed by atoms with Crippen LogP contribution < -0.4 is 25.6 Å². The van der Waals surface area contributed by atoms with Crippen molar-refractivity contribution in [3.63, 3.8) is 0 Å². The summed E-state index contributed by atoms with van der Waals surface area (Å²) in [6.45, 7) is 6.77. The van der Waals surface area contributed by atoms with Gasteiger partial charge in [0.25, 0.3) is 0 Å². The average molecular weight is 412 g/mol. The van der Waals surface area contributed by atoms with Crippen molar-refractivity contribution in [2.75, 3.05) is 19.8 Å². The third-order valence-corrected chi connectivity index (χ3v) is 5.19. The molecule has 1 aliphatic heterocycles. The van der Waals surface area contributed by atoms with Crippen LogP contribution in [0, 0.1) is 5.92 Å². The van der Waals surface area contributed by atoms with Crippen LogP contribution in [0.5, 0.6) is 11.5 Å². The van der Waals surface area contributed by atoms with E-state index in [0.717, 1.165) is 48.5 Å². The van der Waals surface area contributed by atoms with E-state index in [4.69, 9.17) is 9.47 Å². The third kappa shape index (κ3) is 6.21. The Bertz CT molecular complexity index is 777. The minimum absolute atomic E-state index is 0.0343. The van der Waals surface area contributed by atoms with Gasteiger partial charge in [-0.25, -0.2) is 5.43 Å².